The summed E-state index contributed by atoms with van der Waals surface area (Å²) >= 11 is 0. The van der Waals surface area contributed by atoms with Crippen LogP contribution in [0.2, 0.25) is 0 Å². The van der Waals surface area contributed by atoms with Crippen LogP contribution in [-0.4, -0.2) is 109 Å². The van der Waals surface area contributed by atoms with Crippen LogP contribution in [0.4, 0.5) is 33.7 Å². The summed E-state index contributed by atoms with van der Waals surface area (Å²) in [7, 11) is 0. The molecule has 78 heavy (non-hydrogen) atoms. The Morgan fingerprint density at radius 2 is 1.41 bits per heavy atom. The maximum atomic E-state index is 13.5. The first-order chi connectivity index (χ1) is 38.1. The number of primary amides is 1. The number of hydrogen-bond donors (Lipinski definition) is 6. The van der Waals surface area contributed by atoms with Gasteiger partial charge in [0, 0.05) is 98.4 Å². The Labute approximate surface area is 453 Å². The molecule has 2 saturated carbocycles. The highest BCUT2D eigenvalue weighted by Gasteiger charge is 2.33. The number of rotatable bonds is 15. The lowest BCUT2D eigenvalue weighted by Gasteiger charge is -2.40. The molecule has 4 fully saturated rings. The van der Waals surface area contributed by atoms with Crippen LogP contribution >= 0.6 is 0 Å². The van der Waals surface area contributed by atoms with Gasteiger partial charge in [0.25, 0.3) is 11.8 Å². The molecule has 20 nitrogen and oxygen atoms in total. The van der Waals surface area contributed by atoms with Crippen LogP contribution in [0.15, 0.2) is 114 Å². The third-order valence-electron chi connectivity index (χ3n) is 16.0. The standard InChI is InChI=1S/C58H68N16O4/c1-37-62-54-23-21-46(35-72(54)68-37)70-27-9-16-45(33-70)64-49-18-4-6-20-51(49)67-57-61-32-52(77-57)41-12-8-14-43(30-41)65-58(76)78-74-38(2)69-73-36-47(22-24-55(73)74)71-28-10-15-44(34-71)63-48-17-3-5-19-50(48)66-53-31-40(25-26-60-53)39-11-7-13-42(29-39)56(59)75/h7-8,11-14,21-26,29-32,35-36,44-45,48-51,63-64H,3-6,9-10,15-20,27-28,33-34H2,1-2H3,(H4-,59,60,61,65,66,67,75,76)/p+1. The van der Waals surface area contributed by atoms with Gasteiger partial charge < -0.3 is 41.2 Å². The van der Waals surface area contributed by atoms with Crippen molar-refractivity contribution in [3.63, 3.8) is 0 Å². The van der Waals surface area contributed by atoms with Crippen molar-refractivity contribution in [2.75, 3.05) is 51.9 Å². The summed E-state index contributed by atoms with van der Waals surface area (Å²) in [6.07, 6.45) is 20.3. The van der Waals surface area contributed by atoms with Crippen molar-refractivity contribution in [2.24, 2.45) is 5.73 Å². The number of carbonyl (C=O) groups is 2. The van der Waals surface area contributed by atoms with Crippen LogP contribution in [0.1, 0.15) is 99.1 Å². The first kappa shape index (κ1) is 50.7. The van der Waals surface area contributed by atoms with Gasteiger partial charge in [-0.3, -0.25) is 10.1 Å². The first-order valence-corrected chi connectivity index (χ1v) is 27.8. The lowest BCUT2D eigenvalue weighted by Crippen LogP contribution is -2.55. The van der Waals surface area contributed by atoms with E-state index in [2.05, 4.69) is 80.8 Å². The number of amides is 2. The van der Waals surface area contributed by atoms with Gasteiger partial charge in [0.1, 0.15) is 17.8 Å². The third kappa shape index (κ3) is 11.5. The minimum atomic E-state index is -0.652. The monoisotopic (exact) mass is 1050 g/mol. The fraction of sp³-hybridized carbons (Fsp3) is 0.414. The molecule has 2 aliphatic heterocycles. The Bertz CT molecular complexity index is 3430. The lowest BCUT2D eigenvalue weighted by molar-refractivity contribution is -0.578. The number of piperidine rings is 2. The van der Waals surface area contributed by atoms with Crippen LogP contribution in [0, 0.1) is 13.8 Å². The zero-order valence-corrected chi connectivity index (χ0v) is 44.4. The van der Waals surface area contributed by atoms with Crippen LogP contribution in [0.3, 0.4) is 0 Å². The largest absolute Gasteiger partial charge is 0.457 e. The van der Waals surface area contributed by atoms with Crippen LogP contribution < -0.4 is 51.5 Å². The van der Waals surface area contributed by atoms with E-state index < -0.39 is 12.0 Å². The summed E-state index contributed by atoms with van der Waals surface area (Å²) in [4.78, 5) is 50.0. The van der Waals surface area contributed by atoms with E-state index in [1.807, 2.05) is 91.4 Å². The number of aromatic nitrogens is 8. The molecule has 20 heteroatoms. The first-order valence-electron chi connectivity index (χ1n) is 27.8. The van der Waals surface area contributed by atoms with Gasteiger partial charge in [0.15, 0.2) is 11.4 Å². The molecule has 8 aromatic rings. The van der Waals surface area contributed by atoms with E-state index in [9.17, 15) is 9.59 Å². The van der Waals surface area contributed by atoms with E-state index in [1.54, 1.807) is 16.8 Å². The zero-order valence-electron chi connectivity index (χ0n) is 44.4. The fourth-order valence-corrected chi connectivity index (χ4v) is 12.2. The molecular weight excluding hydrogens is 985 g/mol. The normalized spacial score (nSPS) is 21.9. The molecule has 6 atom stereocenters. The Hall–Kier alpha value is -8.10. The molecule has 12 rings (SSSR count). The van der Waals surface area contributed by atoms with Crippen molar-refractivity contribution in [3.05, 3.63) is 127 Å². The summed E-state index contributed by atoms with van der Waals surface area (Å²) in [5, 5.41) is 27.6. The second-order valence-corrected chi connectivity index (χ2v) is 21.6. The Kier molecular flexibility index (Phi) is 14.6. The van der Waals surface area contributed by atoms with Gasteiger partial charge in [-0.15, -0.1) is 0 Å². The number of anilines is 5. The quantitative estimate of drug-likeness (QED) is 0.0541. The molecule has 2 amide bonds. The summed E-state index contributed by atoms with van der Waals surface area (Å²) in [6, 6.07) is 29.2. The van der Waals surface area contributed by atoms with Crippen molar-refractivity contribution < 1.29 is 23.4 Å². The van der Waals surface area contributed by atoms with Crippen molar-refractivity contribution in [2.45, 2.75) is 127 Å². The van der Waals surface area contributed by atoms with Gasteiger partial charge in [-0.1, -0.05) is 54.5 Å². The van der Waals surface area contributed by atoms with Gasteiger partial charge in [-0.2, -0.15) is 5.10 Å². The summed E-state index contributed by atoms with van der Waals surface area (Å²) in [5.41, 5.74) is 13.0. The van der Waals surface area contributed by atoms with Gasteiger partial charge >= 0.3 is 11.7 Å². The van der Waals surface area contributed by atoms with Gasteiger partial charge in [-0.25, -0.2) is 29.1 Å². The average molecular weight is 1050 g/mol. The number of hydrogen-bond acceptors (Lipinski definition) is 15. The van der Waals surface area contributed by atoms with Gasteiger partial charge in [0.05, 0.1) is 23.8 Å². The zero-order chi connectivity index (χ0) is 53.1. The van der Waals surface area contributed by atoms with E-state index in [-0.39, 0.29) is 24.2 Å². The topological polar surface area (TPSA) is 227 Å². The highest BCUT2D eigenvalue weighted by atomic mass is 16.7. The highest BCUT2D eigenvalue weighted by molar-refractivity contribution is 5.94. The molecule has 7 N–H and O–H groups in total. The van der Waals surface area contributed by atoms with Gasteiger partial charge in [0.2, 0.25) is 5.91 Å². The van der Waals surface area contributed by atoms with Crippen LogP contribution in [-0.2, 0) is 0 Å². The van der Waals surface area contributed by atoms with E-state index >= 15 is 0 Å². The average Bonchev–Trinajstić information content (AvgIpc) is 4.24. The number of aryl methyl sites for hydroxylation is 2. The lowest BCUT2D eigenvalue weighted by atomic mass is 9.89. The third-order valence-corrected chi connectivity index (χ3v) is 16.0. The number of nitrogens with one attached hydrogen (secondary N) is 5. The van der Waals surface area contributed by atoms with E-state index in [0.29, 0.717) is 46.6 Å². The summed E-state index contributed by atoms with van der Waals surface area (Å²) in [6.45, 7) is 7.47. The molecule has 0 spiro atoms. The van der Waals surface area contributed by atoms with Crippen LogP contribution in [0.5, 0.6) is 0 Å². The predicted octanol–water partition coefficient (Wildman–Crippen LogP) is 7.72. The fourth-order valence-electron chi connectivity index (χ4n) is 12.2. The molecule has 0 bridgehead atoms. The maximum absolute atomic E-state index is 13.5. The number of carbonyl (C=O) groups excluding carboxylic acids is 2. The minimum Gasteiger partial charge on any atom is -0.424 e. The molecule has 6 aromatic heterocycles. The van der Waals surface area contributed by atoms with Gasteiger partial charge in [-0.05, 0) is 134 Å². The van der Waals surface area contributed by atoms with Crippen molar-refractivity contribution in [1.82, 2.24) is 45.0 Å². The number of nitrogens with zero attached hydrogens (tertiary/aromatic N) is 10. The van der Waals surface area contributed by atoms with Crippen molar-refractivity contribution in [3.8, 4) is 22.5 Å². The Balaban J connectivity index is 0.642. The molecule has 0 radical (unpaired) electrons. The van der Waals surface area contributed by atoms with Crippen molar-refractivity contribution in [1.29, 1.82) is 0 Å². The molecule has 6 unspecified atom stereocenters. The van der Waals surface area contributed by atoms with E-state index in [0.717, 1.165) is 136 Å². The highest BCUT2D eigenvalue weighted by Crippen LogP contribution is 2.31. The summed E-state index contributed by atoms with van der Waals surface area (Å²) < 4.78 is 11.4. The number of oxazole rings is 1. The second kappa shape index (κ2) is 22.5. The molecule has 2 saturated heterocycles. The van der Waals surface area contributed by atoms with Crippen LogP contribution in [0.25, 0.3) is 33.7 Å². The predicted molar refractivity (Wildman–Crippen MR) is 300 cm³/mol. The van der Waals surface area contributed by atoms with Crippen molar-refractivity contribution >= 4 is 52.2 Å². The molecule has 404 valence electrons. The Morgan fingerprint density at radius 3 is 2.18 bits per heavy atom. The number of fused-ring (bicyclic) bond motifs is 2. The SMILES string of the molecule is Cc1nc2ccc(N3CCCC(NC4CCCCC4Nc4ncc(-c5cccc(NC(=O)On6c(C)n[n+]7cc(N8CCCC(NC9CCCCC9Nc9cc(-c%10cccc(C(N)=O)c%10)ccn9)C8)ccc67)c5)o4)C3)cn2n1. The smallest absolute Gasteiger partial charge is 0.424 e. The molecule has 2 aromatic carbocycles. The molecule has 2 aliphatic carbocycles. The molecular formula is C58H69N16O4+. The number of nitrogens with two attached hydrogens (primary N) is 1. The second-order valence-electron chi connectivity index (χ2n) is 21.6. The number of pyridine rings is 3. The minimum absolute atomic E-state index is 0.173. The Morgan fingerprint density at radius 1 is 0.718 bits per heavy atom. The van der Waals surface area contributed by atoms with E-state index in [1.165, 1.54) is 17.6 Å². The number of benzene rings is 2. The van der Waals surface area contributed by atoms with E-state index in [4.69, 9.17) is 20.1 Å². The molecule has 4 aliphatic rings. The summed E-state index contributed by atoms with van der Waals surface area (Å²) in [5.74, 6) is 2.26. The molecule has 8 heterocycles. The maximum Gasteiger partial charge on any atom is 0.457 e.